The van der Waals surface area contributed by atoms with Crippen LogP contribution in [0.5, 0.6) is 0 Å². The minimum atomic E-state index is -0.120. The number of nitrogens with zero attached hydrogens (tertiary/aromatic N) is 1. The highest BCUT2D eigenvalue weighted by Gasteiger charge is 2.26. The summed E-state index contributed by atoms with van der Waals surface area (Å²) in [6.07, 6.45) is 0.814. The monoisotopic (exact) mass is 296 g/mol. The molecular formula is C16H25ClN2O. The molecule has 0 bridgehead atoms. The summed E-state index contributed by atoms with van der Waals surface area (Å²) >= 11 is 6.20. The van der Waals surface area contributed by atoms with E-state index >= 15 is 0 Å². The van der Waals surface area contributed by atoms with Crippen molar-refractivity contribution in [2.24, 2.45) is 17.6 Å². The maximum absolute atomic E-state index is 12.5. The molecule has 0 aromatic heterocycles. The maximum Gasteiger partial charge on any atom is 0.227 e. The second-order valence-electron chi connectivity index (χ2n) is 5.71. The first kappa shape index (κ1) is 17.0. The van der Waals surface area contributed by atoms with Gasteiger partial charge in [-0.1, -0.05) is 43.6 Å². The Morgan fingerprint density at radius 2 is 1.90 bits per heavy atom. The molecule has 3 nitrogen and oxygen atoms in total. The molecule has 0 aliphatic rings. The van der Waals surface area contributed by atoms with Crippen molar-refractivity contribution in [2.75, 3.05) is 13.6 Å². The average Bonchev–Trinajstić information content (AvgIpc) is 2.42. The molecule has 0 aliphatic heterocycles. The van der Waals surface area contributed by atoms with Crippen molar-refractivity contribution in [1.82, 2.24) is 4.90 Å². The lowest BCUT2D eigenvalue weighted by molar-refractivity contribution is -0.136. The van der Waals surface area contributed by atoms with E-state index in [2.05, 4.69) is 13.8 Å². The molecule has 0 radical (unpaired) electrons. The third-order valence-electron chi connectivity index (χ3n) is 3.67. The first-order valence-electron chi connectivity index (χ1n) is 7.09. The van der Waals surface area contributed by atoms with Gasteiger partial charge in [0.25, 0.3) is 0 Å². The lowest BCUT2D eigenvalue weighted by Crippen LogP contribution is -2.38. The molecule has 0 heterocycles. The SMILES string of the molecule is CC(C)CC(CN)C(=O)N(C)C(C)c1ccccc1Cl. The van der Waals surface area contributed by atoms with E-state index in [1.54, 1.807) is 4.90 Å². The van der Waals surface area contributed by atoms with Crippen molar-refractivity contribution in [1.29, 1.82) is 0 Å². The Labute approximate surface area is 127 Å². The van der Waals surface area contributed by atoms with Crippen LogP contribution in [-0.4, -0.2) is 24.4 Å². The molecule has 2 unspecified atom stereocenters. The molecule has 1 aromatic carbocycles. The predicted octanol–water partition coefficient (Wildman–Crippen LogP) is 3.48. The van der Waals surface area contributed by atoms with E-state index < -0.39 is 0 Å². The van der Waals surface area contributed by atoms with Crippen LogP contribution in [0, 0.1) is 11.8 Å². The fourth-order valence-corrected chi connectivity index (χ4v) is 2.66. The Kier molecular flexibility index (Phi) is 6.50. The van der Waals surface area contributed by atoms with Crippen molar-refractivity contribution in [3.05, 3.63) is 34.9 Å². The van der Waals surface area contributed by atoms with Crippen molar-refractivity contribution < 1.29 is 4.79 Å². The summed E-state index contributed by atoms with van der Waals surface area (Å²) in [6, 6.07) is 7.57. The van der Waals surface area contributed by atoms with Gasteiger partial charge in [0.2, 0.25) is 5.91 Å². The van der Waals surface area contributed by atoms with E-state index in [9.17, 15) is 4.79 Å². The van der Waals surface area contributed by atoms with Gasteiger partial charge in [0, 0.05) is 18.6 Å². The van der Waals surface area contributed by atoms with Crippen LogP contribution in [0.15, 0.2) is 24.3 Å². The fourth-order valence-electron chi connectivity index (χ4n) is 2.37. The zero-order valence-electron chi connectivity index (χ0n) is 12.8. The van der Waals surface area contributed by atoms with Crippen LogP contribution in [-0.2, 0) is 4.79 Å². The molecule has 0 saturated carbocycles. The van der Waals surface area contributed by atoms with Crippen molar-refractivity contribution in [2.45, 2.75) is 33.2 Å². The van der Waals surface area contributed by atoms with Gasteiger partial charge >= 0.3 is 0 Å². The summed E-state index contributed by atoms with van der Waals surface area (Å²) in [6.45, 7) is 6.58. The second-order valence-corrected chi connectivity index (χ2v) is 6.12. The summed E-state index contributed by atoms with van der Waals surface area (Å²) in [5, 5.41) is 0.688. The molecule has 0 fully saturated rings. The van der Waals surface area contributed by atoms with E-state index in [1.807, 2.05) is 38.2 Å². The summed E-state index contributed by atoms with van der Waals surface area (Å²) in [5.41, 5.74) is 6.72. The molecule has 2 atom stereocenters. The van der Waals surface area contributed by atoms with Gasteiger partial charge in [0.1, 0.15) is 0 Å². The average molecular weight is 297 g/mol. The number of halogens is 1. The standard InChI is InChI=1S/C16H25ClN2O/c1-11(2)9-13(10-18)16(20)19(4)12(3)14-7-5-6-8-15(14)17/h5-8,11-13H,9-10,18H2,1-4H3. The minimum Gasteiger partial charge on any atom is -0.339 e. The number of carbonyl (C=O) groups is 1. The molecule has 0 aliphatic carbocycles. The minimum absolute atomic E-state index is 0.0580. The van der Waals surface area contributed by atoms with Gasteiger partial charge in [-0.25, -0.2) is 0 Å². The summed E-state index contributed by atoms with van der Waals surface area (Å²) < 4.78 is 0. The molecule has 2 N–H and O–H groups in total. The number of benzene rings is 1. The first-order chi connectivity index (χ1) is 9.38. The van der Waals surface area contributed by atoms with E-state index in [4.69, 9.17) is 17.3 Å². The van der Waals surface area contributed by atoms with E-state index in [0.29, 0.717) is 17.5 Å². The summed E-state index contributed by atoms with van der Waals surface area (Å²) in [7, 11) is 1.82. The number of hydrogen-bond donors (Lipinski definition) is 1. The number of nitrogens with two attached hydrogens (primary N) is 1. The number of amides is 1. The second kappa shape index (κ2) is 7.65. The third kappa shape index (κ3) is 4.22. The van der Waals surface area contributed by atoms with Crippen LogP contribution in [0.3, 0.4) is 0 Å². The Bertz CT molecular complexity index is 448. The summed E-state index contributed by atoms with van der Waals surface area (Å²) in [5.74, 6) is 0.426. The first-order valence-corrected chi connectivity index (χ1v) is 7.47. The molecule has 0 spiro atoms. The zero-order valence-corrected chi connectivity index (χ0v) is 13.5. The van der Waals surface area contributed by atoms with Crippen LogP contribution < -0.4 is 5.73 Å². The Morgan fingerprint density at radius 1 is 1.30 bits per heavy atom. The third-order valence-corrected chi connectivity index (χ3v) is 4.02. The Hall–Kier alpha value is -1.06. The van der Waals surface area contributed by atoms with Crippen molar-refractivity contribution in [3.63, 3.8) is 0 Å². The smallest absolute Gasteiger partial charge is 0.227 e. The number of rotatable bonds is 6. The highest BCUT2D eigenvalue weighted by atomic mass is 35.5. The highest BCUT2D eigenvalue weighted by molar-refractivity contribution is 6.31. The van der Waals surface area contributed by atoms with E-state index in [0.717, 1.165) is 12.0 Å². The lowest BCUT2D eigenvalue weighted by atomic mass is 9.95. The maximum atomic E-state index is 12.5. The predicted molar refractivity (Wildman–Crippen MR) is 84.6 cm³/mol. The van der Waals surface area contributed by atoms with Gasteiger partial charge in [-0.3, -0.25) is 4.79 Å². The molecule has 0 saturated heterocycles. The zero-order chi connectivity index (χ0) is 15.3. The highest BCUT2D eigenvalue weighted by Crippen LogP contribution is 2.27. The molecule has 20 heavy (non-hydrogen) atoms. The molecule has 1 aromatic rings. The molecule has 112 valence electrons. The molecular weight excluding hydrogens is 272 g/mol. The van der Waals surface area contributed by atoms with Gasteiger partial charge in [-0.15, -0.1) is 0 Å². The number of hydrogen-bond acceptors (Lipinski definition) is 2. The largest absolute Gasteiger partial charge is 0.339 e. The van der Waals surface area contributed by atoms with Crippen LogP contribution in [0.4, 0.5) is 0 Å². The normalized spacial score (nSPS) is 14.2. The Balaban J connectivity index is 2.85. The van der Waals surface area contributed by atoms with Crippen molar-refractivity contribution in [3.8, 4) is 0 Å². The summed E-state index contributed by atoms with van der Waals surface area (Å²) in [4.78, 5) is 14.3. The fraction of sp³-hybridized carbons (Fsp3) is 0.562. The van der Waals surface area contributed by atoms with Gasteiger partial charge in [0.05, 0.1) is 12.0 Å². The van der Waals surface area contributed by atoms with Crippen molar-refractivity contribution >= 4 is 17.5 Å². The van der Waals surface area contributed by atoms with Crippen LogP contribution in [0.25, 0.3) is 0 Å². The van der Waals surface area contributed by atoms with Gasteiger partial charge in [0.15, 0.2) is 0 Å². The van der Waals surface area contributed by atoms with E-state index in [-0.39, 0.29) is 17.9 Å². The Morgan fingerprint density at radius 3 is 2.40 bits per heavy atom. The van der Waals surface area contributed by atoms with Gasteiger partial charge in [-0.2, -0.15) is 0 Å². The van der Waals surface area contributed by atoms with Crippen LogP contribution in [0.2, 0.25) is 5.02 Å². The molecule has 1 amide bonds. The lowest BCUT2D eigenvalue weighted by Gasteiger charge is -2.30. The van der Waals surface area contributed by atoms with Crippen LogP contribution >= 0.6 is 11.6 Å². The number of carbonyl (C=O) groups excluding carboxylic acids is 1. The molecule has 4 heteroatoms. The van der Waals surface area contributed by atoms with Gasteiger partial charge < -0.3 is 10.6 Å². The van der Waals surface area contributed by atoms with Crippen LogP contribution in [0.1, 0.15) is 38.8 Å². The molecule has 1 rings (SSSR count). The topological polar surface area (TPSA) is 46.3 Å². The van der Waals surface area contributed by atoms with Gasteiger partial charge in [-0.05, 0) is 30.9 Å². The van der Waals surface area contributed by atoms with E-state index in [1.165, 1.54) is 0 Å². The quantitative estimate of drug-likeness (QED) is 0.873.